The number of ether oxygens (including phenoxy) is 1. The Labute approximate surface area is 267 Å². The van der Waals surface area contributed by atoms with Gasteiger partial charge in [0.25, 0.3) is 5.91 Å². The number of hydrogen-bond donors (Lipinski definition) is 2. The number of halogens is 3. The maximum absolute atomic E-state index is 15.2. The Bertz CT molecular complexity index is 1570. The molecular weight excluding hydrogens is 630 g/mol. The Morgan fingerprint density at radius 3 is 2.34 bits per heavy atom. The molecule has 2 fully saturated rings. The van der Waals surface area contributed by atoms with Crippen molar-refractivity contribution >= 4 is 44.8 Å². The van der Waals surface area contributed by atoms with E-state index >= 15 is 4.39 Å². The molecule has 3 aromatic rings. The zero-order valence-corrected chi connectivity index (χ0v) is 26.4. The molecule has 0 spiro atoms. The van der Waals surface area contributed by atoms with Gasteiger partial charge in [0.2, 0.25) is 10.0 Å². The first-order valence-corrected chi connectivity index (χ1v) is 16.8. The fourth-order valence-electron chi connectivity index (χ4n) is 5.73. The number of aliphatic hydroxyl groups is 2. The minimum absolute atomic E-state index is 0.0831. The third-order valence-corrected chi connectivity index (χ3v) is 10.9. The minimum atomic E-state index is -3.94. The average molecular weight is 666 g/mol. The second-order valence-electron chi connectivity index (χ2n) is 11.2. The lowest BCUT2D eigenvalue weighted by molar-refractivity contribution is -0.183. The van der Waals surface area contributed by atoms with Crippen LogP contribution >= 0.6 is 23.2 Å². The maximum atomic E-state index is 15.2. The van der Waals surface area contributed by atoms with E-state index in [1.54, 1.807) is 53.4 Å². The molecule has 44 heavy (non-hydrogen) atoms. The number of rotatable bonds is 12. The molecular formula is C32H35Cl2FN2O6S. The monoisotopic (exact) mass is 664 g/mol. The van der Waals surface area contributed by atoms with Gasteiger partial charge in [-0.15, -0.1) is 0 Å². The smallest absolute Gasteiger partial charge is 0.252 e. The zero-order chi connectivity index (χ0) is 31.6. The fourth-order valence-corrected chi connectivity index (χ4v) is 7.95. The van der Waals surface area contributed by atoms with Gasteiger partial charge >= 0.3 is 0 Å². The van der Waals surface area contributed by atoms with Crippen LogP contribution in [-0.4, -0.2) is 66.1 Å². The van der Waals surface area contributed by atoms with Crippen molar-refractivity contribution in [2.75, 3.05) is 17.5 Å². The lowest BCUT2D eigenvalue weighted by atomic mass is 9.89. The van der Waals surface area contributed by atoms with E-state index in [0.29, 0.717) is 40.4 Å². The van der Waals surface area contributed by atoms with Gasteiger partial charge in [0.1, 0.15) is 18.0 Å². The van der Waals surface area contributed by atoms with Crippen molar-refractivity contribution in [3.05, 3.63) is 99.8 Å². The molecule has 1 saturated heterocycles. The van der Waals surface area contributed by atoms with E-state index in [0.717, 1.165) is 4.31 Å². The first kappa shape index (κ1) is 32.7. The Hall–Kier alpha value is -2.73. The molecule has 12 heteroatoms. The van der Waals surface area contributed by atoms with Crippen LogP contribution in [0.4, 0.5) is 10.1 Å². The normalized spacial score (nSPS) is 22.1. The summed E-state index contributed by atoms with van der Waals surface area (Å²) in [5.74, 6) is -1.17. The highest BCUT2D eigenvalue weighted by Gasteiger charge is 2.49. The van der Waals surface area contributed by atoms with Crippen molar-refractivity contribution in [1.82, 2.24) is 4.90 Å². The second kappa shape index (κ2) is 13.7. The number of para-hydroxylation sites is 1. The highest BCUT2D eigenvalue weighted by atomic mass is 35.5. The molecule has 0 radical (unpaired) electrons. The van der Waals surface area contributed by atoms with Crippen molar-refractivity contribution in [2.45, 2.75) is 68.3 Å². The zero-order valence-electron chi connectivity index (χ0n) is 24.1. The van der Waals surface area contributed by atoms with Crippen LogP contribution in [-0.2, 0) is 19.6 Å². The number of anilines is 1. The summed E-state index contributed by atoms with van der Waals surface area (Å²) < 4.78 is 50.2. The first-order valence-electron chi connectivity index (χ1n) is 14.6. The summed E-state index contributed by atoms with van der Waals surface area (Å²) in [7, 11) is -3.94. The molecule has 1 saturated carbocycles. The molecule has 5 rings (SSSR count). The van der Waals surface area contributed by atoms with Gasteiger partial charge in [-0.05, 0) is 66.8 Å². The number of sulfonamides is 1. The predicted molar refractivity (Wildman–Crippen MR) is 168 cm³/mol. The number of amides is 1. The number of hydrogen-bond acceptors (Lipinski definition) is 6. The van der Waals surface area contributed by atoms with Crippen LogP contribution in [0.2, 0.25) is 10.0 Å². The highest BCUT2D eigenvalue weighted by molar-refractivity contribution is 7.93. The third-order valence-electron chi connectivity index (χ3n) is 8.13. The molecule has 1 aliphatic carbocycles. The number of carbonyl (C=O) groups is 1. The van der Waals surface area contributed by atoms with Crippen molar-refractivity contribution in [2.24, 2.45) is 0 Å². The molecule has 0 aromatic heterocycles. The number of aliphatic hydroxyl groups excluding tert-OH is 2. The predicted octanol–water partition coefficient (Wildman–Crippen LogP) is 5.66. The molecule has 2 N–H and O–H groups in total. The quantitative estimate of drug-likeness (QED) is 0.259. The Balaban J connectivity index is 1.65. The van der Waals surface area contributed by atoms with Crippen molar-refractivity contribution < 1.29 is 32.6 Å². The van der Waals surface area contributed by atoms with E-state index in [1.165, 1.54) is 18.2 Å². The number of benzene rings is 3. The lowest BCUT2D eigenvalue weighted by Crippen LogP contribution is -2.58. The first-order chi connectivity index (χ1) is 21.0. The molecule has 2 aliphatic rings. The van der Waals surface area contributed by atoms with Crippen LogP contribution in [0.5, 0.6) is 0 Å². The summed E-state index contributed by atoms with van der Waals surface area (Å²) in [5.41, 5.74) is 1.25. The van der Waals surface area contributed by atoms with E-state index in [4.69, 9.17) is 27.9 Å². The minimum Gasteiger partial charge on any atom is -0.394 e. The van der Waals surface area contributed by atoms with Crippen LogP contribution in [0.1, 0.15) is 55.9 Å². The summed E-state index contributed by atoms with van der Waals surface area (Å²) in [5, 5.41) is 20.3. The van der Waals surface area contributed by atoms with Crippen LogP contribution in [0, 0.1) is 5.82 Å². The second-order valence-corrected chi connectivity index (χ2v) is 14.2. The van der Waals surface area contributed by atoms with E-state index in [2.05, 4.69) is 0 Å². The van der Waals surface area contributed by atoms with Crippen LogP contribution < -0.4 is 4.31 Å². The topological polar surface area (TPSA) is 107 Å². The van der Waals surface area contributed by atoms with E-state index < -0.39 is 64.0 Å². The van der Waals surface area contributed by atoms with Gasteiger partial charge in [-0.1, -0.05) is 66.5 Å². The average Bonchev–Trinajstić information content (AvgIpc) is 3.86. The Morgan fingerprint density at radius 2 is 1.73 bits per heavy atom. The van der Waals surface area contributed by atoms with Crippen molar-refractivity contribution in [3.8, 4) is 0 Å². The Kier molecular flexibility index (Phi) is 10.2. The summed E-state index contributed by atoms with van der Waals surface area (Å²) in [6.07, 6.45) is -2.11. The lowest BCUT2D eigenvalue weighted by Gasteiger charge is -2.49. The largest absolute Gasteiger partial charge is 0.394 e. The Morgan fingerprint density at radius 1 is 1.02 bits per heavy atom. The van der Waals surface area contributed by atoms with Gasteiger partial charge in [0.05, 0.1) is 42.3 Å². The van der Waals surface area contributed by atoms with Crippen molar-refractivity contribution in [3.63, 3.8) is 0 Å². The van der Waals surface area contributed by atoms with E-state index in [-0.39, 0.29) is 18.7 Å². The van der Waals surface area contributed by atoms with Crippen LogP contribution in [0.25, 0.3) is 0 Å². The molecule has 1 aliphatic heterocycles. The van der Waals surface area contributed by atoms with Gasteiger partial charge in [0, 0.05) is 16.5 Å². The van der Waals surface area contributed by atoms with Gasteiger partial charge in [-0.25, -0.2) is 12.8 Å². The summed E-state index contributed by atoms with van der Waals surface area (Å²) in [6.45, 7) is 1.05. The van der Waals surface area contributed by atoms with Gasteiger partial charge in [-0.2, -0.15) is 0 Å². The number of nitrogens with zero attached hydrogens (tertiary/aromatic N) is 2. The number of carbonyl (C=O) groups excluding carboxylic acids is 1. The van der Waals surface area contributed by atoms with E-state index in [9.17, 15) is 23.4 Å². The standard InChI is InChI=1S/C32H35Cl2FN2O6S/c1-2-24(18-36(44(41,42)26-14-15-26)28-9-4-3-8-27(28)35)37-30(20-10-12-22(33)13-11-20)31(21-6-5-7-23(34)16-21)43-29(32(37)40)17-25(39)19-38/h3-13,16,24-26,29-31,38-39H,2,14-15,17-19H2,1H3/t24?,25?,29-,30-,31-/m1/s1. The van der Waals surface area contributed by atoms with Crippen molar-refractivity contribution in [1.29, 1.82) is 0 Å². The third kappa shape index (κ3) is 6.90. The summed E-state index contributed by atoms with van der Waals surface area (Å²) in [4.78, 5) is 16.0. The van der Waals surface area contributed by atoms with Gasteiger partial charge in [0.15, 0.2) is 0 Å². The molecule has 0 bridgehead atoms. The molecule has 8 nitrogen and oxygen atoms in total. The summed E-state index contributed by atoms with van der Waals surface area (Å²) in [6, 6.07) is 18.2. The summed E-state index contributed by atoms with van der Waals surface area (Å²) >= 11 is 12.6. The molecule has 5 atom stereocenters. The maximum Gasteiger partial charge on any atom is 0.252 e. The molecule has 3 aromatic carbocycles. The van der Waals surface area contributed by atoms with Gasteiger partial charge in [-0.3, -0.25) is 9.10 Å². The highest BCUT2D eigenvalue weighted by Crippen LogP contribution is 2.45. The molecule has 236 valence electrons. The SMILES string of the molecule is CCC(CN(c1ccccc1F)S(=O)(=O)C1CC1)N1C(=O)[C@@H](CC(O)CO)O[C@H](c2cccc(Cl)c2)[C@H]1c1ccc(Cl)cc1. The molecule has 1 amide bonds. The van der Waals surface area contributed by atoms with E-state index in [1.807, 2.05) is 13.0 Å². The fraction of sp³-hybridized carbons (Fsp3) is 0.406. The molecule has 1 heterocycles. The van der Waals surface area contributed by atoms with Crippen LogP contribution in [0.15, 0.2) is 72.8 Å². The number of morpholine rings is 1. The van der Waals surface area contributed by atoms with Crippen LogP contribution in [0.3, 0.4) is 0 Å². The molecule has 2 unspecified atom stereocenters. The van der Waals surface area contributed by atoms with Gasteiger partial charge < -0.3 is 19.8 Å².